The molecule has 0 aliphatic heterocycles. The minimum atomic E-state index is -3.31. The molecule has 21 heavy (non-hydrogen) atoms. The molecule has 0 saturated carbocycles. The van der Waals surface area contributed by atoms with Crippen LogP contribution in [-0.2, 0) is 10.0 Å². The summed E-state index contributed by atoms with van der Waals surface area (Å²) in [6, 6.07) is 6.34. The molecule has 1 atom stereocenters. The second-order valence-electron chi connectivity index (χ2n) is 4.28. The van der Waals surface area contributed by atoms with Crippen molar-refractivity contribution >= 4 is 44.6 Å². The lowest BCUT2D eigenvalue weighted by molar-refractivity contribution is 0.0994. The van der Waals surface area contributed by atoms with Crippen LogP contribution in [0.4, 0.5) is 5.69 Å². The number of anilines is 1. The van der Waals surface area contributed by atoms with Crippen molar-refractivity contribution in [3.05, 3.63) is 35.3 Å². The van der Waals surface area contributed by atoms with Gasteiger partial charge in [-0.1, -0.05) is 23.1 Å². The molecule has 1 N–H and O–H groups in total. The topological polar surface area (TPSA) is 89.0 Å². The van der Waals surface area contributed by atoms with Crippen molar-refractivity contribution in [3.8, 4) is 0 Å². The third kappa shape index (κ3) is 4.80. The van der Waals surface area contributed by atoms with Crippen LogP contribution >= 0.6 is 23.1 Å². The van der Waals surface area contributed by atoms with Gasteiger partial charge in [-0.25, -0.2) is 8.42 Å². The predicted molar refractivity (Wildman–Crippen MR) is 84.5 cm³/mol. The molecule has 0 radical (unpaired) electrons. The Morgan fingerprint density at radius 2 is 2.00 bits per heavy atom. The van der Waals surface area contributed by atoms with Crippen LogP contribution in [0.15, 0.2) is 34.1 Å². The summed E-state index contributed by atoms with van der Waals surface area (Å²) in [5.41, 5.74) is 2.57. The maximum absolute atomic E-state index is 12.3. The zero-order valence-electron chi connectivity index (χ0n) is 11.3. The Kier molecular flexibility index (Phi) is 4.96. The fraction of sp³-hybridized carbons (Fsp3) is 0.250. The zero-order valence-corrected chi connectivity index (χ0v) is 13.8. The van der Waals surface area contributed by atoms with Gasteiger partial charge in [0.15, 0.2) is 10.1 Å². The number of Topliss-reactive ketones (excluding diaryl/α,β-unsaturated/α-hetero) is 1. The fourth-order valence-electron chi connectivity index (χ4n) is 1.57. The largest absolute Gasteiger partial charge is 0.293 e. The van der Waals surface area contributed by atoms with Gasteiger partial charge >= 0.3 is 0 Å². The average molecular weight is 343 g/mol. The van der Waals surface area contributed by atoms with E-state index in [2.05, 4.69) is 14.9 Å². The summed E-state index contributed by atoms with van der Waals surface area (Å²) in [7, 11) is -3.31. The summed E-state index contributed by atoms with van der Waals surface area (Å²) in [4.78, 5) is 12.3. The minimum Gasteiger partial charge on any atom is -0.293 e. The fourth-order valence-corrected chi connectivity index (χ4v) is 3.84. The Morgan fingerprint density at radius 3 is 2.52 bits per heavy atom. The molecule has 6 nitrogen and oxygen atoms in total. The zero-order chi connectivity index (χ0) is 15.5. The van der Waals surface area contributed by atoms with Crippen molar-refractivity contribution in [2.45, 2.75) is 16.5 Å². The monoisotopic (exact) mass is 343 g/mol. The van der Waals surface area contributed by atoms with Crippen LogP contribution in [0.25, 0.3) is 0 Å². The first-order valence-corrected chi connectivity index (χ1v) is 9.55. The van der Waals surface area contributed by atoms with Crippen molar-refractivity contribution in [3.63, 3.8) is 0 Å². The van der Waals surface area contributed by atoms with Crippen LogP contribution in [0.3, 0.4) is 0 Å². The summed E-state index contributed by atoms with van der Waals surface area (Å²) in [6.45, 7) is 1.80. The Bertz CT molecular complexity index is 712. The number of carbonyl (C=O) groups excluding carboxylic acids is 1. The Hall–Kier alpha value is -1.45. The van der Waals surface area contributed by atoms with Crippen molar-refractivity contribution in [2.75, 3.05) is 11.0 Å². The van der Waals surface area contributed by atoms with E-state index in [9.17, 15) is 13.2 Å². The van der Waals surface area contributed by atoms with Crippen molar-refractivity contribution in [2.24, 2.45) is 0 Å². The standard InChI is InChI=1S/C12H13N3O3S3/c1-8(20-12-14-13-7-19-12)11(16)9-3-5-10(6-4-9)15-21(2,17)18/h3-8,15H,1-2H3/t8-/m0/s1. The molecule has 0 amide bonds. The highest BCUT2D eigenvalue weighted by atomic mass is 32.2. The minimum absolute atomic E-state index is 0.0406. The molecule has 0 aliphatic carbocycles. The number of ketones is 1. The quantitative estimate of drug-likeness (QED) is 0.639. The highest BCUT2D eigenvalue weighted by molar-refractivity contribution is 8.02. The van der Waals surface area contributed by atoms with E-state index in [-0.39, 0.29) is 11.0 Å². The van der Waals surface area contributed by atoms with Gasteiger partial charge in [-0.05, 0) is 31.2 Å². The van der Waals surface area contributed by atoms with Crippen LogP contribution in [-0.4, -0.2) is 35.9 Å². The highest BCUT2D eigenvalue weighted by Gasteiger charge is 2.18. The van der Waals surface area contributed by atoms with Crippen molar-refractivity contribution < 1.29 is 13.2 Å². The van der Waals surface area contributed by atoms with Gasteiger partial charge in [0.05, 0.1) is 11.5 Å². The van der Waals surface area contributed by atoms with E-state index < -0.39 is 10.0 Å². The van der Waals surface area contributed by atoms with Crippen LogP contribution < -0.4 is 4.72 Å². The second kappa shape index (κ2) is 6.54. The second-order valence-corrected chi connectivity index (χ2v) is 8.45. The number of nitrogens with one attached hydrogen (secondary N) is 1. The number of carbonyl (C=O) groups is 1. The third-order valence-electron chi connectivity index (χ3n) is 2.46. The number of thioether (sulfide) groups is 1. The molecule has 1 heterocycles. The number of aromatic nitrogens is 2. The van der Waals surface area contributed by atoms with Crippen LogP contribution in [0.5, 0.6) is 0 Å². The van der Waals surface area contributed by atoms with Gasteiger partial charge in [0.1, 0.15) is 5.51 Å². The lowest BCUT2D eigenvalue weighted by Crippen LogP contribution is -2.14. The molecule has 1 aromatic heterocycles. The molecule has 2 aromatic rings. The smallest absolute Gasteiger partial charge is 0.229 e. The van der Waals surface area contributed by atoms with Crippen molar-refractivity contribution in [1.29, 1.82) is 0 Å². The number of rotatable bonds is 6. The lowest BCUT2D eigenvalue weighted by Gasteiger charge is -2.09. The number of sulfonamides is 1. The van der Waals surface area contributed by atoms with Crippen molar-refractivity contribution in [1.82, 2.24) is 10.2 Å². The number of hydrogen-bond donors (Lipinski definition) is 1. The van der Waals surface area contributed by atoms with E-state index in [1.807, 2.05) is 0 Å². The van der Waals surface area contributed by atoms with Gasteiger partial charge in [0, 0.05) is 11.3 Å². The molecule has 0 bridgehead atoms. The molecular formula is C12H13N3O3S3. The summed E-state index contributed by atoms with van der Waals surface area (Å²) in [5, 5.41) is 7.33. The Labute approximate surface area is 131 Å². The third-order valence-corrected chi connectivity index (χ3v) is 4.98. The van der Waals surface area contributed by atoms with Gasteiger partial charge < -0.3 is 0 Å². The average Bonchev–Trinajstić information content (AvgIpc) is 2.90. The Balaban J connectivity index is 2.05. The first kappa shape index (κ1) is 15.9. The SMILES string of the molecule is C[C@H](Sc1nncs1)C(=O)c1ccc(NS(C)(=O)=O)cc1. The normalized spacial score (nSPS) is 12.9. The maximum Gasteiger partial charge on any atom is 0.229 e. The summed E-state index contributed by atoms with van der Waals surface area (Å²) in [6.07, 6.45) is 1.08. The lowest BCUT2D eigenvalue weighted by atomic mass is 10.1. The van der Waals surface area contributed by atoms with Crippen LogP contribution in [0, 0.1) is 0 Å². The van der Waals surface area contributed by atoms with Crippen LogP contribution in [0.1, 0.15) is 17.3 Å². The number of hydrogen-bond acceptors (Lipinski definition) is 7. The molecule has 0 saturated heterocycles. The molecule has 0 fully saturated rings. The summed E-state index contributed by atoms with van der Waals surface area (Å²) < 4.78 is 25.3. The first-order chi connectivity index (χ1) is 9.85. The highest BCUT2D eigenvalue weighted by Crippen LogP contribution is 2.26. The maximum atomic E-state index is 12.3. The molecule has 0 spiro atoms. The van der Waals surface area contributed by atoms with E-state index in [1.54, 1.807) is 36.7 Å². The molecular weight excluding hydrogens is 330 g/mol. The Morgan fingerprint density at radius 1 is 1.33 bits per heavy atom. The molecule has 0 aliphatic rings. The van der Waals surface area contributed by atoms with Crippen LogP contribution in [0.2, 0.25) is 0 Å². The van der Waals surface area contributed by atoms with Gasteiger partial charge in [-0.15, -0.1) is 10.2 Å². The van der Waals surface area contributed by atoms with Gasteiger partial charge in [-0.2, -0.15) is 0 Å². The molecule has 0 unspecified atom stereocenters. The summed E-state index contributed by atoms with van der Waals surface area (Å²) in [5.74, 6) is -0.0406. The molecule has 2 rings (SSSR count). The van der Waals surface area contributed by atoms with Gasteiger partial charge in [-0.3, -0.25) is 9.52 Å². The van der Waals surface area contributed by atoms with E-state index >= 15 is 0 Å². The van der Waals surface area contributed by atoms with E-state index in [0.29, 0.717) is 11.3 Å². The molecule has 1 aromatic carbocycles. The number of benzene rings is 1. The number of nitrogens with zero attached hydrogens (tertiary/aromatic N) is 2. The molecule has 112 valence electrons. The summed E-state index contributed by atoms with van der Waals surface area (Å²) >= 11 is 2.74. The van der Waals surface area contributed by atoms with E-state index in [4.69, 9.17) is 0 Å². The van der Waals surface area contributed by atoms with E-state index in [0.717, 1.165) is 10.6 Å². The first-order valence-electron chi connectivity index (χ1n) is 5.90. The van der Waals surface area contributed by atoms with E-state index in [1.165, 1.54) is 23.1 Å². The van der Waals surface area contributed by atoms with Gasteiger partial charge in [0.25, 0.3) is 0 Å². The predicted octanol–water partition coefficient (Wildman–Crippen LogP) is 2.27. The molecule has 9 heteroatoms. The van der Waals surface area contributed by atoms with Gasteiger partial charge in [0.2, 0.25) is 10.0 Å².